The standard InChI is InChI=1S/C23H27N3OS/c1-17-22(16-24-26(17)20-11-13-28-14-12-20)25-21(18-7-3-2-4-8-18)15-23(27)19-9-5-6-10-19/h2-9,16,20-21,25H,10-15H2,1H3. The first-order valence-corrected chi connectivity index (χ1v) is 11.2. The fourth-order valence-corrected chi connectivity index (χ4v) is 5.04. The predicted octanol–water partition coefficient (Wildman–Crippen LogP) is 5.26. The van der Waals surface area contributed by atoms with Gasteiger partial charge in [0.15, 0.2) is 5.78 Å². The van der Waals surface area contributed by atoms with Crippen LogP contribution in [0.25, 0.3) is 0 Å². The van der Waals surface area contributed by atoms with Crippen LogP contribution in [0.4, 0.5) is 5.69 Å². The van der Waals surface area contributed by atoms with E-state index in [1.807, 2.05) is 54.4 Å². The van der Waals surface area contributed by atoms with Crippen molar-refractivity contribution in [1.29, 1.82) is 0 Å². The van der Waals surface area contributed by atoms with Crippen LogP contribution < -0.4 is 5.32 Å². The van der Waals surface area contributed by atoms with Crippen molar-refractivity contribution in [3.05, 3.63) is 71.6 Å². The highest BCUT2D eigenvalue weighted by molar-refractivity contribution is 7.99. The summed E-state index contributed by atoms with van der Waals surface area (Å²) in [4.78, 5) is 12.8. The third kappa shape index (κ3) is 4.25. The number of Topliss-reactive ketones (excluding diaryl/α,β-unsaturated/α-hetero) is 1. The summed E-state index contributed by atoms with van der Waals surface area (Å²) >= 11 is 2.03. The van der Waals surface area contributed by atoms with E-state index in [-0.39, 0.29) is 11.8 Å². The molecule has 1 unspecified atom stereocenters. The zero-order valence-electron chi connectivity index (χ0n) is 16.3. The molecule has 1 aliphatic heterocycles. The summed E-state index contributed by atoms with van der Waals surface area (Å²) < 4.78 is 2.18. The summed E-state index contributed by atoms with van der Waals surface area (Å²) in [6.07, 6.45) is 11.4. The van der Waals surface area contributed by atoms with Crippen molar-refractivity contribution < 1.29 is 4.79 Å². The summed E-state index contributed by atoms with van der Waals surface area (Å²) in [5.74, 6) is 2.62. The highest BCUT2D eigenvalue weighted by Crippen LogP contribution is 2.32. The second kappa shape index (κ2) is 8.82. The number of ketones is 1. The van der Waals surface area contributed by atoms with Crippen LogP contribution in [0.2, 0.25) is 0 Å². The van der Waals surface area contributed by atoms with Crippen molar-refractivity contribution in [2.75, 3.05) is 16.8 Å². The smallest absolute Gasteiger partial charge is 0.161 e. The Morgan fingerprint density at radius 1 is 1.29 bits per heavy atom. The van der Waals surface area contributed by atoms with Crippen LogP contribution in [-0.2, 0) is 4.79 Å². The Kier molecular flexibility index (Phi) is 6.01. The van der Waals surface area contributed by atoms with Gasteiger partial charge in [-0.05, 0) is 48.8 Å². The quantitative estimate of drug-likeness (QED) is 0.697. The zero-order chi connectivity index (χ0) is 19.3. The van der Waals surface area contributed by atoms with Crippen LogP contribution in [0.15, 0.2) is 60.3 Å². The summed E-state index contributed by atoms with van der Waals surface area (Å²) in [7, 11) is 0. The maximum absolute atomic E-state index is 12.8. The molecule has 2 aromatic rings. The number of allylic oxidation sites excluding steroid dienone is 4. The van der Waals surface area contributed by atoms with E-state index in [2.05, 4.69) is 34.2 Å². The highest BCUT2D eigenvalue weighted by Gasteiger charge is 2.23. The Bertz CT molecular complexity index is 879. The number of nitrogens with zero attached hydrogens (tertiary/aromatic N) is 2. The van der Waals surface area contributed by atoms with E-state index >= 15 is 0 Å². The lowest BCUT2D eigenvalue weighted by atomic mass is 9.97. The molecule has 0 saturated carbocycles. The largest absolute Gasteiger partial charge is 0.375 e. The molecule has 1 atom stereocenters. The molecule has 4 nitrogen and oxygen atoms in total. The van der Waals surface area contributed by atoms with Gasteiger partial charge in [-0.2, -0.15) is 16.9 Å². The van der Waals surface area contributed by atoms with E-state index < -0.39 is 0 Å². The maximum atomic E-state index is 12.8. The molecule has 28 heavy (non-hydrogen) atoms. The number of benzene rings is 1. The van der Waals surface area contributed by atoms with Crippen LogP contribution in [0.5, 0.6) is 0 Å². The molecule has 0 amide bonds. The Hall–Kier alpha value is -2.27. The molecule has 2 aliphatic rings. The van der Waals surface area contributed by atoms with E-state index in [4.69, 9.17) is 0 Å². The molecule has 1 saturated heterocycles. The van der Waals surface area contributed by atoms with Gasteiger partial charge in [0.1, 0.15) is 0 Å². The van der Waals surface area contributed by atoms with Crippen LogP contribution >= 0.6 is 11.8 Å². The number of carbonyl (C=O) groups is 1. The molecule has 1 aromatic heterocycles. The Labute approximate surface area is 171 Å². The number of carbonyl (C=O) groups excluding carboxylic acids is 1. The lowest BCUT2D eigenvalue weighted by molar-refractivity contribution is -0.115. The molecule has 0 spiro atoms. The number of hydrogen-bond acceptors (Lipinski definition) is 4. The first-order chi connectivity index (χ1) is 13.7. The van der Waals surface area contributed by atoms with E-state index in [9.17, 15) is 4.79 Å². The van der Waals surface area contributed by atoms with E-state index in [0.29, 0.717) is 12.5 Å². The minimum absolute atomic E-state index is 0.0616. The molecule has 4 rings (SSSR count). The fourth-order valence-electron chi connectivity index (χ4n) is 3.96. The molecular formula is C23H27N3OS. The summed E-state index contributed by atoms with van der Waals surface area (Å²) in [6, 6.07) is 10.7. The topological polar surface area (TPSA) is 46.9 Å². The van der Waals surface area contributed by atoms with Crippen molar-refractivity contribution >= 4 is 23.2 Å². The Morgan fingerprint density at radius 2 is 2.07 bits per heavy atom. The number of anilines is 1. The Morgan fingerprint density at radius 3 is 2.79 bits per heavy atom. The average Bonchev–Trinajstić information content (AvgIpc) is 3.40. The van der Waals surface area contributed by atoms with Gasteiger partial charge in [0.25, 0.3) is 0 Å². The van der Waals surface area contributed by atoms with E-state index in [1.165, 1.54) is 24.3 Å². The first kappa shape index (κ1) is 19.1. The Balaban J connectivity index is 1.54. The SMILES string of the molecule is Cc1c(NC(CC(=O)C2=CC=CC2)c2ccccc2)cnn1C1CCSCC1. The average molecular weight is 394 g/mol. The normalized spacial score (nSPS) is 18.1. The minimum Gasteiger partial charge on any atom is -0.375 e. The van der Waals surface area contributed by atoms with Gasteiger partial charge in [-0.3, -0.25) is 9.48 Å². The number of rotatable bonds is 7. The van der Waals surface area contributed by atoms with Crippen LogP contribution in [0.3, 0.4) is 0 Å². The van der Waals surface area contributed by atoms with Gasteiger partial charge in [-0.25, -0.2) is 0 Å². The molecule has 2 heterocycles. The van der Waals surface area contributed by atoms with Crippen LogP contribution in [0.1, 0.15) is 49.0 Å². The molecular weight excluding hydrogens is 366 g/mol. The third-order valence-electron chi connectivity index (χ3n) is 5.63. The number of hydrogen-bond donors (Lipinski definition) is 1. The minimum atomic E-state index is -0.0616. The maximum Gasteiger partial charge on any atom is 0.161 e. The van der Waals surface area contributed by atoms with Crippen molar-refractivity contribution in [2.24, 2.45) is 0 Å². The summed E-state index contributed by atoms with van der Waals surface area (Å²) in [6.45, 7) is 2.13. The van der Waals surface area contributed by atoms with Crippen LogP contribution in [0, 0.1) is 6.92 Å². The third-order valence-corrected chi connectivity index (χ3v) is 6.68. The van der Waals surface area contributed by atoms with Gasteiger partial charge < -0.3 is 5.32 Å². The van der Waals surface area contributed by atoms with Crippen molar-refractivity contribution in [1.82, 2.24) is 9.78 Å². The summed E-state index contributed by atoms with van der Waals surface area (Å²) in [5, 5.41) is 8.30. The number of thioether (sulfide) groups is 1. The van der Waals surface area contributed by atoms with Gasteiger partial charge >= 0.3 is 0 Å². The second-order valence-corrected chi connectivity index (χ2v) is 8.72. The lowest BCUT2D eigenvalue weighted by Crippen LogP contribution is -2.19. The second-order valence-electron chi connectivity index (χ2n) is 7.49. The molecule has 1 aromatic carbocycles. The van der Waals surface area contributed by atoms with Gasteiger partial charge in [0.05, 0.1) is 29.7 Å². The molecule has 0 bridgehead atoms. The molecule has 5 heteroatoms. The zero-order valence-corrected chi connectivity index (χ0v) is 17.1. The van der Waals surface area contributed by atoms with Gasteiger partial charge in [-0.1, -0.05) is 48.6 Å². The lowest BCUT2D eigenvalue weighted by Gasteiger charge is -2.24. The molecule has 0 radical (unpaired) electrons. The number of nitrogens with one attached hydrogen (secondary N) is 1. The monoisotopic (exact) mass is 393 g/mol. The van der Waals surface area contributed by atoms with Crippen LogP contribution in [-0.4, -0.2) is 27.1 Å². The van der Waals surface area contributed by atoms with Gasteiger partial charge in [0.2, 0.25) is 0 Å². The van der Waals surface area contributed by atoms with Crippen molar-refractivity contribution in [3.8, 4) is 0 Å². The van der Waals surface area contributed by atoms with Crippen molar-refractivity contribution in [3.63, 3.8) is 0 Å². The summed E-state index contributed by atoms with van der Waals surface area (Å²) in [5.41, 5.74) is 4.21. The molecule has 146 valence electrons. The van der Waals surface area contributed by atoms with Gasteiger partial charge in [-0.15, -0.1) is 0 Å². The fraction of sp³-hybridized carbons (Fsp3) is 0.391. The molecule has 1 aliphatic carbocycles. The van der Waals surface area contributed by atoms with Crippen molar-refractivity contribution in [2.45, 2.75) is 44.7 Å². The van der Waals surface area contributed by atoms with E-state index in [0.717, 1.165) is 28.9 Å². The first-order valence-electron chi connectivity index (χ1n) is 10.0. The number of aromatic nitrogens is 2. The van der Waals surface area contributed by atoms with E-state index in [1.54, 1.807) is 0 Å². The molecule has 1 N–H and O–H groups in total. The highest BCUT2D eigenvalue weighted by atomic mass is 32.2. The predicted molar refractivity (Wildman–Crippen MR) is 117 cm³/mol. The molecule has 1 fully saturated rings. The van der Waals surface area contributed by atoms with Gasteiger partial charge in [0, 0.05) is 6.42 Å².